The minimum Gasteiger partial charge on any atom is -0.378 e. The zero-order chi connectivity index (χ0) is 12.7. The lowest BCUT2D eigenvalue weighted by Gasteiger charge is -2.19. The van der Waals surface area contributed by atoms with Crippen LogP contribution in [-0.2, 0) is 19.0 Å². The molecule has 17 heavy (non-hydrogen) atoms. The molecule has 1 aliphatic rings. The van der Waals surface area contributed by atoms with Crippen LogP contribution in [0.5, 0.6) is 0 Å². The van der Waals surface area contributed by atoms with Gasteiger partial charge in [-0.1, -0.05) is 0 Å². The van der Waals surface area contributed by atoms with E-state index in [-0.39, 0.29) is 24.2 Å². The third-order valence-corrected chi connectivity index (χ3v) is 2.86. The molecule has 5 heteroatoms. The summed E-state index contributed by atoms with van der Waals surface area (Å²) < 4.78 is 16.1. The summed E-state index contributed by atoms with van der Waals surface area (Å²) in [7, 11) is 0. The Kier molecular flexibility index (Phi) is 6.47. The van der Waals surface area contributed by atoms with Gasteiger partial charge in [0.2, 0.25) is 5.91 Å². The van der Waals surface area contributed by atoms with Crippen LogP contribution in [0.2, 0.25) is 0 Å². The second-order valence-corrected chi connectivity index (χ2v) is 4.06. The van der Waals surface area contributed by atoms with E-state index in [1.165, 1.54) is 0 Å². The Hall–Kier alpha value is -0.650. The van der Waals surface area contributed by atoms with Gasteiger partial charge in [0, 0.05) is 19.8 Å². The van der Waals surface area contributed by atoms with Crippen LogP contribution in [0.3, 0.4) is 0 Å². The van der Waals surface area contributed by atoms with Gasteiger partial charge in [0.25, 0.3) is 0 Å². The van der Waals surface area contributed by atoms with Crippen molar-refractivity contribution in [2.75, 3.05) is 26.4 Å². The van der Waals surface area contributed by atoms with Gasteiger partial charge < -0.3 is 19.5 Å². The smallest absolute Gasteiger partial charge is 0.225 e. The summed E-state index contributed by atoms with van der Waals surface area (Å²) in [6, 6.07) is 0. The molecule has 1 aliphatic heterocycles. The molecule has 0 spiro atoms. The highest BCUT2D eigenvalue weighted by atomic mass is 16.7. The first-order valence-electron chi connectivity index (χ1n) is 6.31. The summed E-state index contributed by atoms with van der Waals surface area (Å²) in [4.78, 5) is 11.9. The molecule has 1 N–H and O–H groups in total. The van der Waals surface area contributed by atoms with E-state index in [1.54, 1.807) is 0 Å². The number of ether oxygens (including phenoxy) is 3. The summed E-state index contributed by atoms with van der Waals surface area (Å²) in [6.45, 7) is 7.94. The van der Waals surface area contributed by atoms with Gasteiger partial charge >= 0.3 is 0 Å². The molecule has 0 bridgehead atoms. The van der Waals surface area contributed by atoms with Crippen molar-refractivity contribution in [2.45, 2.75) is 39.6 Å². The van der Waals surface area contributed by atoms with Crippen LogP contribution in [0.1, 0.15) is 27.2 Å². The van der Waals surface area contributed by atoms with Crippen molar-refractivity contribution in [3.63, 3.8) is 0 Å². The Bertz CT molecular complexity index is 229. The quantitative estimate of drug-likeness (QED) is 0.678. The highest BCUT2D eigenvalue weighted by Crippen LogP contribution is 2.20. The van der Waals surface area contributed by atoms with E-state index in [0.717, 1.165) is 6.42 Å². The van der Waals surface area contributed by atoms with E-state index in [0.29, 0.717) is 26.4 Å². The fourth-order valence-corrected chi connectivity index (χ4v) is 1.93. The third-order valence-electron chi connectivity index (χ3n) is 2.86. The normalized spacial score (nSPS) is 24.2. The van der Waals surface area contributed by atoms with Gasteiger partial charge in [-0.25, -0.2) is 0 Å². The van der Waals surface area contributed by atoms with Crippen molar-refractivity contribution in [1.82, 2.24) is 5.32 Å². The molecule has 0 aromatic heterocycles. The summed E-state index contributed by atoms with van der Waals surface area (Å²) in [6.07, 6.45) is 0.445. The van der Waals surface area contributed by atoms with E-state index in [4.69, 9.17) is 14.2 Å². The lowest BCUT2D eigenvalue weighted by molar-refractivity contribution is -0.142. The molecule has 2 atom stereocenters. The summed E-state index contributed by atoms with van der Waals surface area (Å²) in [5.74, 6) is -0.0155. The molecule has 1 amide bonds. The van der Waals surface area contributed by atoms with Crippen LogP contribution in [0.25, 0.3) is 0 Å². The molecule has 5 nitrogen and oxygen atoms in total. The number of hydrogen-bond acceptors (Lipinski definition) is 4. The molecule has 1 heterocycles. The second-order valence-electron chi connectivity index (χ2n) is 4.06. The summed E-state index contributed by atoms with van der Waals surface area (Å²) in [5, 5.41) is 2.86. The minimum atomic E-state index is -0.355. The number of carbonyl (C=O) groups excluding carboxylic acids is 1. The molecule has 0 aliphatic carbocycles. The van der Waals surface area contributed by atoms with Crippen molar-refractivity contribution in [3.05, 3.63) is 0 Å². The standard InChI is InChI=1S/C12H23NO4/c1-4-15-11(16-5-2)8-13-12(14)10-6-7-17-9(10)3/h9-11H,4-8H2,1-3H3,(H,13,14). The van der Waals surface area contributed by atoms with Gasteiger partial charge in [-0.05, 0) is 27.2 Å². The molecule has 0 radical (unpaired) electrons. The highest BCUT2D eigenvalue weighted by molar-refractivity contribution is 5.79. The van der Waals surface area contributed by atoms with Crippen molar-refractivity contribution >= 4 is 5.91 Å². The minimum absolute atomic E-state index is 0.00707. The predicted octanol–water partition coefficient (Wildman–Crippen LogP) is 0.927. The fraction of sp³-hybridized carbons (Fsp3) is 0.917. The first-order chi connectivity index (χ1) is 8.19. The van der Waals surface area contributed by atoms with Crippen LogP contribution in [0, 0.1) is 5.92 Å². The Morgan fingerprint density at radius 3 is 2.53 bits per heavy atom. The van der Waals surface area contributed by atoms with Crippen molar-refractivity contribution in [3.8, 4) is 0 Å². The first-order valence-corrected chi connectivity index (χ1v) is 6.31. The summed E-state index contributed by atoms with van der Waals surface area (Å²) >= 11 is 0. The lowest BCUT2D eigenvalue weighted by atomic mass is 10.0. The number of amides is 1. The molecule has 2 unspecified atom stereocenters. The summed E-state index contributed by atoms with van der Waals surface area (Å²) in [5.41, 5.74) is 0. The van der Waals surface area contributed by atoms with Crippen LogP contribution in [-0.4, -0.2) is 44.7 Å². The van der Waals surface area contributed by atoms with E-state index in [1.807, 2.05) is 20.8 Å². The van der Waals surface area contributed by atoms with Crippen LogP contribution in [0.4, 0.5) is 0 Å². The van der Waals surface area contributed by atoms with Crippen LogP contribution in [0.15, 0.2) is 0 Å². The molecule has 0 aromatic rings. The fourth-order valence-electron chi connectivity index (χ4n) is 1.93. The monoisotopic (exact) mass is 245 g/mol. The Morgan fingerprint density at radius 2 is 2.06 bits per heavy atom. The van der Waals surface area contributed by atoms with Crippen molar-refractivity contribution in [1.29, 1.82) is 0 Å². The number of hydrogen-bond donors (Lipinski definition) is 1. The second kappa shape index (κ2) is 7.63. The van der Waals surface area contributed by atoms with Gasteiger partial charge in [0.1, 0.15) is 0 Å². The number of rotatable bonds is 7. The Labute approximate surface area is 103 Å². The Morgan fingerprint density at radius 1 is 1.41 bits per heavy atom. The largest absolute Gasteiger partial charge is 0.378 e. The maximum absolute atomic E-state index is 11.9. The topological polar surface area (TPSA) is 56.8 Å². The molecule has 1 rings (SSSR count). The Balaban J connectivity index is 2.29. The zero-order valence-electron chi connectivity index (χ0n) is 10.9. The average molecular weight is 245 g/mol. The van der Waals surface area contributed by atoms with Crippen LogP contribution >= 0.6 is 0 Å². The van der Waals surface area contributed by atoms with Gasteiger partial charge in [-0.2, -0.15) is 0 Å². The number of carbonyl (C=O) groups is 1. The maximum Gasteiger partial charge on any atom is 0.225 e. The van der Waals surface area contributed by atoms with E-state index in [9.17, 15) is 4.79 Å². The molecule has 0 aromatic carbocycles. The average Bonchev–Trinajstić information content (AvgIpc) is 2.72. The van der Waals surface area contributed by atoms with Crippen molar-refractivity contribution in [2.24, 2.45) is 5.92 Å². The molecular weight excluding hydrogens is 222 g/mol. The predicted molar refractivity (Wildman–Crippen MR) is 63.6 cm³/mol. The number of nitrogens with one attached hydrogen (secondary N) is 1. The molecule has 1 saturated heterocycles. The lowest BCUT2D eigenvalue weighted by Crippen LogP contribution is -2.40. The van der Waals surface area contributed by atoms with Gasteiger partial charge in [-0.15, -0.1) is 0 Å². The first kappa shape index (κ1) is 14.4. The van der Waals surface area contributed by atoms with E-state index >= 15 is 0 Å². The van der Waals surface area contributed by atoms with E-state index < -0.39 is 0 Å². The van der Waals surface area contributed by atoms with Crippen LogP contribution < -0.4 is 5.32 Å². The molecule has 0 saturated carbocycles. The SMILES string of the molecule is CCOC(CNC(=O)C1CCOC1C)OCC. The maximum atomic E-state index is 11.9. The van der Waals surface area contributed by atoms with Gasteiger partial charge in [-0.3, -0.25) is 4.79 Å². The van der Waals surface area contributed by atoms with Gasteiger partial charge in [0.15, 0.2) is 6.29 Å². The molecule has 100 valence electrons. The molecule has 1 fully saturated rings. The highest BCUT2D eigenvalue weighted by Gasteiger charge is 2.30. The van der Waals surface area contributed by atoms with Gasteiger partial charge in [0.05, 0.1) is 18.6 Å². The molecular formula is C12H23NO4. The third kappa shape index (κ3) is 4.61. The zero-order valence-corrected chi connectivity index (χ0v) is 10.9. The van der Waals surface area contributed by atoms with E-state index in [2.05, 4.69) is 5.32 Å². The van der Waals surface area contributed by atoms with Crippen molar-refractivity contribution < 1.29 is 19.0 Å².